The molecular formula is Mo5N5O5V2. The second-order valence-electron chi connectivity index (χ2n) is 0.373. The Kier molecular flexibility index (Phi) is 222. The number of hydrogen-bond acceptors (Lipinski definition) is 5. The molecule has 0 fully saturated rings. The maximum atomic E-state index is 7.07. The van der Waals surface area contributed by atoms with E-state index in [1.165, 1.54) is 0 Å². The van der Waals surface area contributed by atoms with Gasteiger partial charge in [-0.2, -0.15) is 0 Å². The topological polar surface area (TPSA) is 158 Å². The Balaban J connectivity index is -0.0000000143. The zero-order chi connectivity index (χ0) is 13.5. The van der Waals surface area contributed by atoms with Crippen molar-refractivity contribution in [2.24, 2.45) is 0 Å². The molecule has 0 bridgehead atoms. The average molecular weight is 732 g/mol. The first-order chi connectivity index (χ1) is 7.07. The van der Waals surface area contributed by atoms with Gasteiger partial charge in [-0.25, -0.2) is 0 Å². The van der Waals surface area contributed by atoms with Crippen molar-refractivity contribution in [3.05, 3.63) is 29.5 Å². The summed E-state index contributed by atoms with van der Waals surface area (Å²) in [4.78, 5) is 0. The van der Waals surface area contributed by atoms with Gasteiger partial charge in [-0.15, -0.1) is 0 Å². The van der Waals surface area contributed by atoms with Gasteiger partial charge < -0.3 is 0 Å². The van der Waals surface area contributed by atoms with Crippen molar-refractivity contribution in [1.29, 1.82) is 0 Å². The first kappa shape index (κ1) is 42.9. The van der Waals surface area contributed by atoms with Gasteiger partial charge in [0.05, 0.1) is 0 Å². The van der Waals surface area contributed by atoms with Crippen LogP contribution in [0.4, 0.5) is 0 Å². The van der Waals surface area contributed by atoms with E-state index in [2.05, 4.69) is 17.5 Å². The zero-order valence-electron chi connectivity index (χ0n) is 7.21. The van der Waals surface area contributed by atoms with Crippen LogP contribution in [0.5, 0.6) is 0 Å². The van der Waals surface area contributed by atoms with Crippen molar-refractivity contribution in [3.63, 3.8) is 0 Å². The first-order valence-corrected chi connectivity index (χ1v) is 5.84. The van der Waals surface area contributed by atoms with E-state index in [4.69, 9.17) is 29.5 Å². The van der Waals surface area contributed by atoms with Gasteiger partial charge >= 0.3 is 185 Å². The summed E-state index contributed by atoms with van der Waals surface area (Å²) in [7, 11) is 0. The Labute approximate surface area is 182 Å². The summed E-state index contributed by atoms with van der Waals surface area (Å²) in [5.74, 6) is 35.4. The largest absolute Gasteiger partial charge is 5.00 e. The van der Waals surface area contributed by atoms with Gasteiger partial charge in [0.1, 0.15) is 0 Å². The fourth-order valence-electron chi connectivity index (χ4n) is 0. The molecule has 0 amide bonds. The first-order valence-electron chi connectivity index (χ1n) is 1.75. The molecule has 95 valence electrons. The molecule has 0 aromatic heterocycles. The van der Waals surface area contributed by atoms with E-state index in [1.54, 1.807) is 0 Å². The van der Waals surface area contributed by atoms with Crippen LogP contribution in [0.3, 0.4) is 0 Å². The Bertz CT molecular complexity index is 44.3. The van der Waals surface area contributed by atoms with Gasteiger partial charge in [-0.05, 0) is 0 Å². The molecule has 0 aromatic carbocycles. The molecule has 0 rings (SSSR count). The predicted molar refractivity (Wildman–Crippen MR) is 22.2 cm³/mol. The zero-order valence-corrected chi connectivity index (χ0v) is 20.0. The molecule has 17 heteroatoms. The number of nitrogens with zero attached hydrogens (tertiary/aromatic N) is 5. The van der Waals surface area contributed by atoms with E-state index in [0.29, 0.717) is 0 Å². The fraction of sp³-hybridized carbons (Fsp3) is 0. The monoisotopic (exact) mass is 741 g/mol. The molecule has 17 heavy (non-hydrogen) atoms. The van der Waals surface area contributed by atoms with Crippen LogP contribution in [0.2, 0.25) is 0 Å². The van der Waals surface area contributed by atoms with E-state index in [0.717, 1.165) is 101 Å². The van der Waals surface area contributed by atoms with Crippen molar-refractivity contribution >= 4 is 0 Å². The molecule has 0 heterocycles. The van der Waals surface area contributed by atoms with Gasteiger partial charge in [-0.1, -0.05) is 0 Å². The van der Waals surface area contributed by atoms with Crippen LogP contribution in [0.1, 0.15) is 0 Å². The van der Waals surface area contributed by atoms with Gasteiger partial charge in [0.2, 0.25) is 0 Å². The molecular weight excluding hydrogens is 732 g/mol. The summed E-state index contributed by atoms with van der Waals surface area (Å²) >= 11 is 5.63. The average Bonchev–Trinajstić information content (AvgIpc) is 2.09. The minimum Gasteiger partial charge on any atom is 5.00 e. The van der Waals surface area contributed by atoms with Gasteiger partial charge in [0.15, 0.2) is 0 Å². The molecule has 0 aliphatic heterocycles. The Morgan fingerprint density at radius 1 is 0.412 bits per heavy atom. The van der Waals surface area contributed by atoms with E-state index in [1.807, 2.05) is 0 Å². The maximum Gasteiger partial charge on any atom is 5.00 e. The molecule has 0 N–H and O–H groups in total. The third-order valence-electron chi connectivity index (χ3n) is 0. The smallest absolute Gasteiger partial charge is 5.00 e. The van der Waals surface area contributed by atoms with E-state index in [-0.39, 0.29) is 37.1 Å². The van der Waals surface area contributed by atoms with E-state index in [9.17, 15) is 0 Å². The number of rotatable bonds is 0. The van der Waals surface area contributed by atoms with Crippen LogP contribution in [0.15, 0.2) is 0 Å². The Morgan fingerprint density at radius 3 is 0.412 bits per heavy atom. The standard InChI is InChI=1S/5Mo.5NO.2V/c;;;;;5*1-2;;/q5*+1;5*-3;2*+5. The van der Waals surface area contributed by atoms with Gasteiger partial charge in [0.25, 0.3) is 0 Å². The van der Waals surface area contributed by atoms with Crippen molar-refractivity contribution in [2.75, 3.05) is 0 Å². The summed E-state index contributed by atoms with van der Waals surface area (Å²) in [5, 5.41) is 0. The third-order valence-corrected chi connectivity index (χ3v) is 0. The van der Waals surface area contributed by atoms with Crippen LogP contribution in [-0.2, 0) is 156 Å². The van der Waals surface area contributed by atoms with Crippen LogP contribution in [0, 0.1) is 0 Å². The molecule has 0 aliphatic rings. The number of hydrogen-bond donors (Lipinski definition) is 0. The van der Waals surface area contributed by atoms with Crippen molar-refractivity contribution in [2.45, 2.75) is 0 Å². The van der Waals surface area contributed by atoms with Crippen molar-refractivity contribution < 1.29 is 156 Å². The summed E-state index contributed by atoms with van der Waals surface area (Å²) in [6.07, 6.45) is 0. The second-order valence-corrected chi connectivity index (χ2v) is 2.20. The fourth-order valence-corrected chi connectivity index (χ4v) is 0. The summed E-state index contributed by atoms with van der Waals surface area (Å²) < 4.78 is 16.3. The van der Waals surface area contributed by atoms with Crippen LogP contribution < -0.4 is 0 Å². The molecule has 0 unspecified atom stereocenters. The maximum absolute atomic E-state index is 7.07. The summed E-state index contributed by atoms with van der Waals surface area (Å²) in [6.45, 7) is 0. The SMILES string of the molecule is [N-2][O][Mo].[N-2][O][Mo].[N-2][O][Mo].[N-2][O][Mo].[N-2][O][Mo].[V+5].[V+5]. The van der Waals surface area contributed by atoms with Crippen molar-refractivity contribution in [1.82, 2.24) is 0 Å². The molecule has 10 nitrogen and oxygen atoms in total. The molecule has 0 aromatic rings. The molecule has 0 saturated carbocycles. The van der Waals surface area contributed by atoms with Crippen molar-refractivity contribution in [3.8, 4) is 0 Å². The Morgan fingerprint density at radius 2 is 0.412 bits per heavy atom. The summed E-state index contributed by atoms with van der Waals surface area (Å²) in [5.41, 5.74) is 0. The van der Waals surface area contributed by atoms with E-state index >= 15 is 0 Å². The Hall–Kier alpha value is 4.21. The predicted octanol–water partition coefficient (Wildman–Crippen LogP) is 1.08. The normalized spacial score (nSPS) is 5.00. The van der Waals surface area contributed by atoms with Crippen LogP contribution in [-0.4, -0.2) is 0 Å². The molecule has 0 radical (unpaired) electrons. The van der Waals surface area contributed by atoms with Gasteiger partial charge in [-0.3, -0.25) is 0 Å². The van der Waals surface area contributed by atoms with E-state index < -0.39 is 0 Å². The minimum absolute atomic E-state index is 0. The molecule has 0 saturated heterocycles. The molecule has 0 atom stereocenters. The quantitative estimate of drug-likeness (QED) is 0.269. The van der Waals surface area contributed by atoms with Crippen LogP contribution >= 0.6 is 0 Å². The van der Waals surface area contributed by atoms with Gasteiger partial charge in [0, 0.05) is 0 Å². The third kappa shape index (κ3) is 378. The molecule has 0 aliphatic carbocycles. The minimum atomic E-state index is 0. The second kappa shape index (κ2) is 87.9. The molecule has 0 spiro atoms. The summed E-state index contributed by atoms with van der Waals surface area (Å²) in [6, 6.07) is 0. The van der Waals surface area contributed by atoms with Crippen LogP contribution in [0.25, 0.3) is 29.5 Å².